The molecule has 0 aliphatic rings. The summed E-state index contributed by atoms with van der Waals surface area (Å²) < 4.78 is 6.45. The van der Waals surface area contributed by atoms with E-state index in [0.717, 1.165) is 21.7 Å². The van der Waals surface area contributed by atoms with E-state index in [2.05, 4.69) is 20.9 Å². The molecule has 0 aliphatic carbocycles. The average molecular weight is 281 g/mol. The fourth-order valence-corrected chi connectivity index (χ4v) is 1.74. The zero-order valence-corrected chi connectivity index (χ0v) is 10.6. The van der Waals surface area contributed by atoms with Crippen molar-refractivity contribution in [2.75, 3.05) is 0 Å². The van der Waals surface area contributed by atoms with Crippen LogP contribution in [-0.4, -0.2) is 4.98 Å². The van der Waals surface area contributed by atoms with Gasteiger partial charge in [0.05, 0.1) is 6.04 Å². The molecule has 1 unspecified atom stereocenters. The van der Waals surface area contributed by atoms with Gasteiger partial charge >= 0.3 is 0 Å². The van der Waals surface area contributed by atoms with Gasteiger partial charge in [-0.25, -0.2) is 0 Å². The number of hydrogen-bond acceptors (Lipinski definition) is 3. The van der Waals surface area contributed by atoms with Crippen LogP contribution >= 0.6 is 15.9 Å². The summed E-state index contributed by atoms with van der Waals surface area (Å²) in [5, 5.41) is 0. The van der Waals surface area contributed by atoms with Crippen molar-refractivity contribution in [3.8, 4) is 0 Å². The Balaban J connectivity index is 2.07. The molecule has 0 fully saturated rings. The molecule has 0 bridgehead atoms. The Morgan fingerprint density at radius 3 is 2.75 bits per heavy atom. The van der Waals surface area contributed by atoms with Gasteiger partial charge in [0, 0.05) is 22.8 Å². The molecule has 84 valence electrons. The molecule has 2 aromatic rings. The summed E-state index contributed by atoms with van der Waals surface area (Å²) in [5.41, 5.74) is 7.00. The third kappa shape index (κ3) is 2.71. The van der Waals surface area contributed by atoms with Gasteiger partial charge in [-0.1, -0.05) is 0 Å². The Labute approximate surface area is 103 Å². The number of pyridine rings is 1. The lowest BCUT2D eigenvalue weighted by molar-refractivity contribution is 0.443. The number of nitrogens with two attached hydrogens (primary N) is 1. The standard InChI is InChI=1S/C12H13BrN2O/c1-8-2-5-12(16-8)11(14)6-10-4-3-9(13)7-15-10/h2-5,7,11H,6,14H2,1H3. The molecule has 0 saturated heterocycles. The minimum atomic E-state index is -0.137. The van der Waals surface area contributed by atoms with E-state index in [1.165, 1.54) is 0 Å². The first-order valence-electron chi connectivity index (χ1n) is 5.07. The van der Waals surface area contributed by atoms with Crippen LogP contribution in [0.2, 0.25) is 0 Å². The largest absolute Gasteiger partial charge is 0.465 e. The predicted octanol–water partition coefficient (Wildman–Crippen LogP) is 2.99. The van der Waals surface area contributed by atoms with Crippen LogP contribution in [0, 0.1) is 6.92 Å². The Bertz CT molecular complexity index is 464. The molecule has 0 aromatic carbocycles. The molecule has 16 heavy (non-hydrogen) atoms. The van der Waals surface area contributed by atoms with Crippen LogP contribution in [0.1, 0.15) is 23.3 Å². The summed E-state index contributed by atoms with van der Waals surface area (Å²) >= 11 is 3.35. The first-order valence-corrected chi connectivity index (χ1v) is 5.87. The van der Waals surface area contributed by atoms with Gasteiger partial charge in [0.25, 0.3) is 0 Å². The summed E-state index contributed by atoms with van der Waals surface area (Å²) in [4.78, 5) is 4.28. The molecule has 3 nitrogen and oxygen atoms in total. The van der Waals surface area contributed by atoms with Crippen molar-refractivity contribution < 1.29 is 4.42 Å². The van der Waals surface area contributed by atoms with E-state index in [4.69, 9.17) is 10.2 Å². The molecule has 0 amide bonds. The van der Waals surface area contributed by atoms with Gasteiger partial charge in [0.15, 0.2) is 0 Å². The Kier molecular flexibility index (Phi) is 3.41. The number of aromatic nitrogens is 1. The third-order valence-electron chi connectivity index (χ3n) is 2.34. The molecule has 4 heteroatoms. The summed E-state index contributed by atoms with van der Waals surface area (Å²) in [6, 6.07) is 7.62. The summed E-state index contributed by atoms with van der Waals surface area (Å²) in [7, 11) is 0. The number of rotatable bonds is 3. The van der Waals surface area contributed by atoms with Crippen molar-refractivity contribution >= 4 is 15.9 Å². The highest BCUT2D eigenvalue weighted by Crippen LogP contribution is 2.18. The van der Waals surface area contributed by atoms with E-state index in [1.54, 1.807) is 6.20 Å². The Morgan fingerprint density at radius 2 is 2.19 bits per heavy atom. The van der Waals surface area contributed by atoms with Crippen molar-refractivity contribution in [2.45, 2.75) is 19.4 Å². The van der Waals surface area contributed by atoms with E-state index in [-0.39, 0.29) is 6.04 Å². The van der Waals surface area contributed by atoms with Crippen LogP contribution in [0.4, 0.5) is 0 Å². The topological polar surface area (TPSA) is 52.0 Å². The quantitative estimate of drug-likeness (QED) is 0.941. The Hall–Kier alpha value is -1.13. The van der Waals surface area contributed by atoms with E-state index in [9.17, 15) is 0 Å². The smallest absolute Gasteiger partial charge is 0.121 e. The number of halogens is 1. The second kappa shape index (κ2) is 4.80. The molecule has 2 heterocycles. The lowest BCUT2D eigenvalue weighted by atomic mass is 10.1. The van der Waals surface area contributed by atoms with Crippen LogP contribution in [0.15, 0.2) is 39.4 Å². The maximum atomic E-state index is 6.03. The summed E-state index contributed by atoms with van der Waals surface area (Å²) in [5.74, 6) is 1.69. The van der Waals surface area contributed by atoms with Gasteiger partial charge in [-0.15, -0.1) is 0 Å². The molecular formula is C12H13BrN2O. The number of aryl methyl sites for hydroxylation is 1. The van der Waals surface area contributed by atoms with E-state index in [0.29, 0.717) is 6.42 Å². The third-order valence-corrected chi connectivity index (χ3v) is 2.81. The summed E-state index contributed by atoms with van der Waals surface area (Å²) in [6.45, 7) is 1.91. The van der Waals surface area contributed by atoms with Gasteiger partial charge in [-0.05, 0) is 47.1 Å². The van der Waals surface area contributed by atoms with Crippen LogP contribution < -0.4 is 5.73 Å². The van der Waals surface area contributed by atoms with Gasteiger partial charge in [0.2, 0.25) is 0 Å². The van der Waals surface area contributed by atoms with Crippen molar-refractivity contribution in [1.82, 2.24) is 4.98 Å². The van der Waals surface area contributed by atoms with Crippen LogP contribution in [0.25, 0.3) is 0 Å². The van der Waals surface area contributed by atoms with Crippen molar-refractivity contribution in [3.63, 3.8) is 0 Å². The zero-order chi connectivity index (χ0) is 11.5. The molecule has 0 aliphatic heterocycles. The van der Waals surface area contributed by atoms with Crippen molar-refractivity contribution in [2.24, 2.45) is 5.73 Å². The molecule has 1 atom stereocenters. The number of nitrogens with zero attached hydrogens (tertiary/aromatic N) is 1. The fourth-order valence-electron chi connectivity index (χ4n) is 1.51. The second-order valence-electron chi connectivity index (χ2n) is 3.73. The van der Waals surface area contributed by atoms with Gasteiger partial charge in [0.1, 0.15) is 11.5 Å². The lowest BCUT2D eigenvalue weighted by Gasteiger charge is -2.07. The molecule has 0 saturated carbocycles. The first kappa shape index (κ1) is 11.4. The highest BCUT2D eigenvalue weighted by atomic mass is 79.9. The molecular weight excluding hydrogens is 268 g/mol. The Morgan fingerprint density at radius 1 is 1.38 bits per heavy atom. The lowest BCUT2D eigenvalue weighted by Crippen LogP contribution is -2.13. The highest BCUT2D eigenvalue weighted by molar-refractivity contribution is 9.10. The monoisotopic (exact) mass is 280 g/mol. The van der Waals surface area contributed by atoms with E-state index in [1.807, 2.05) is 31.2 Å². The SMILES string of the molecule is Cc1ccc(C(N)Cc2ccc(Br)cn2)o1. The van der Waals surface area contributed by atoms with E-state index < -0.39 is 0 Å². The summed E-state index contributed by atoms with van der Waals surface area (Å²) in [6.07, 6.45) is 2.45. The van der Waals surface area contributed by atoms with Gasteiger partial charge < -0.3 is 10.2 Å². The first-order chi connectivity index (χ1) is 7.65. The average Bonchev–Trinajstić information content (AvgIpc) is 2.68. The molecule has 2 N–H and O–H groups in total. The normalized spacial score (nSPS) is 12.7. The van der Waals surface area contributed by atoms with E-state index >= 15 is 0 Å². The minimum Gasteiger partial charge on any atom is -0.465 e. The zero-order valence-electron chi connectivity index (χ0n) is 8.98. The maximum absolute atomic E-state index is 6.03. The molecule has 0 spiro atoms. The number of furan rings is 1. The molecule has 0 radical (unpaired) electrons. The predicted molar refractivity (Wildman–Crippen MR) is 66.0 cm³/mol. The fraction of sp³-hybridized carbons (Fsp3) is 0.250. The number of hydrogen-bond donors (Lipinski definition) is 1. The van der Waals surface area contributed by atoms with Crippen LogP contribution in [0.3, 0.4) is 0 Å². The van der Waals surface area contributed by atoms with Crippen LogP contribution in [0.5, 0.6) is 0 Å². The van der Waals surface area contributed by atoms with Crippen molar-refractivity contribution in [1.29, 1.82) is 0 Å². The highest BCUT2D eigenvalue weighted by Gasteiger charge is 2.11. The minimum absolute atomic E-state index is 0.137. The second-order valence-corrected chi connectivity index (χ2v) is 4.64. The van der Waals surface area contributed by atoms with Crippen LogP contribution in [-0.2, 0) is 6.42 Å². The van der Waals surface area contributed by atoms with Gasteiger partial charge in [-0.2, -0.15) is 0 Å². The van der Waals surface area contributed by atoms with Crippen molar-refractivity contribution in [3.05, 3.63) is 52.1 Å². The molecule has 2 rings (SSSR count). The van der Waals surface area contributed by atoms with Gasteiger partial charge in [-0.3, -0.25) is 4.98 Å². The maximum Gasteiger partial charge on any atom is 0.121 e. The molecule has 2 aromatic heterocycles.